The summed E-state index contributed by atoms with van der Waals surface area (Å²) in [5.74, 6) is 0.849. The van der Waals surface area contributed by atoms with E-state index in [1.165, 1.54) is 22.0 Å². The molecule has 0 aliphatic carbocycles. The Hall–Kier alpha value is -2.82. The van der Waals surface area contributed by atoms with E-state index in [1.54, 1.807) is 7.11 Å². The molecular formula is C23H34N4O. The molecule has 2 aromatic heterocycles. The fraction of sp³-hybridized carbons (Fsp3) is 0.391. The van der Waals surface area contributed by atoms with E-state index < -0.39 is 0 Å². The highest BCUT2D eigenvalue weighted by Crippen LogP contribution is 2.21. The molecule has 0 atom stereocenters. The van der Waals surface area contributed by atoms with Crippen LogP contribution in [0.2, 0.25) is 0 Å². The van der Waals surface area contributed by atoms with E-state index in [-0.39, 0.29) is 0 Å². The molecule has 4 rings (SSSR count). The lowest BCUT2D eigenvalue weighted by Gasteiger charge is -1.97. The lowest BCUT2D eigenvalue weighted by Crippen LogP contribution is -1.82. The van der Waals surface area contributed by atoms with Gasteiger partial charge < -0.3 is 4.74 Å². The molecule has 0 fully saturated rings. The Labute approximate surface area is 168 Å². The van der Waals surface area contributed by atoms with Crippen LogP contribution in [0.3, 0.4) is 0 Å². The number of rotatable bonds is 2. The standard InChI is InChI=1S/C10H12N2O.C9H10N2.2C2H6/c1-3-9-8-5-4-7(13-2)6-10(8)12-11-9;1-6-3-4-8-7(2)10-11-9(8)5-6;2*1-2/h4-6H,3H2,1-2H3,(H,11,12);3-5H,1-2H3,(H,10,11);2*1-2H3. The van der Waals surface area contributed by atoms with Crippen molar-refractivity contribution in [1.29, 1.82) is 0 Å². The second-order valence-corrected chi connectivity index (χ2v) is 5.81. The zero-order valence-electron chi connectivity index (χ0n) is 18.5. The minimum atomic E-state index is 0.849. The van der Waals surface area contributed by atoms with Crippen LogP contribution in [-0.4, -0.2) is 27.5 Å². The predicted molar refractivity (Wildman–Crippen MR) is 120 cm³/mol. The van der Waals surface area contributed by atoms with Gasteiger partial charge in [-0.2, -0.15) is 10.2 Å². The van der Waals surface area contributed by atoms with Crippen LogP contribution in [-0.2, 0) is 6.42 Å². The topological polar surface area (TPSA) is 66.6 Å². The molecule has 0 saturated heterocycles. The molecular weight excluding hydrogens is 348 g/mol. The predicted octanol–water partition coefficient (Wildman–Crippen LogP) is 6.37. The maximum Gasteiger partial charge on any atom is 0.121 e. The molecule has 152 valence electrons. The van der Waals surface area contributed by atoms with E-state index in [0.29, 0.717) is 0 Å². The monoisotopic (exact) mass is 382 g/mol. The van der Waals surface area contributed by atoms with Crippen LogP contribution in [0.25, 0.3) is 21.8 Å². The Morgan fingerprint density at radius 2 is 1.43 bits per heavy atom. The first kappa shape index (κ1) is 23.2. The first-order chi connectivity index (χ1) is 13.6. The van der Waals surface area contributed by atoms with Crippen molar-refractivity contribution < 1.29 is 4.74 Å². The van der Waals surface area contributed by atoms with Gasteiger partial charge in [0.05, 0.1) is 18.1 Å². The van der Waals surface area contributed by atoms with Crippen LogP contribution in [0.1, 0.15) is 51.6 Å². The van der Waals surface area contributed by atoms with Crippen LogP contribution in [0.4, 0.5) is 0 Å². The summed E-state index contributed by atoms with van der Waals surface area (Å²) in [6.07, 6.45) is 0.975. The minimum absolute atomic E-state index is 0.849. The second-order valence-electron chi connectivity index (χ2n) is 5.81. The van der Waals surface area contributed by atoms with E-state index in [0.717, 1.165) is 28.9 Å². The molecule has 4 aromatic rings. The van der Waals surface area contributed by atoms with Gasteiger partial charge in [-0.1, -0.05) is 46.8 Å². The number of benzene rings is 2. The van der Waals surface area contributed by atoms with Crippen LogP contribution >= 0.6 is 0 Å². The molecule has 2 aromatic carbocycles. The number of aryl methyl sites for hydroxylation is 3. The molecule has 0 saturated carbocycles. The minimum Gasteiger partial charge on any atom is -0.497 e. The molecule has 5 heteroatoms. The van der Waals surface area contributed by atoms with Gasteiger partial charge in [-0.15, -0.1) is 0 Å². The van der Waals surface area contributed by atoms with Gasteiger partial charge in [0, 0.05) is 28.2 Å². The first-order valence-electron chi connectivity index (χ1n) is 10.0. The second kappa shape index (κ2) is 11.8. The number of nitrogens with zero attached hydrogens (tertiary/aromatic N) is 2. The third-order valence-corrected chi connectivity index (χ3v) is 4.10. The average Bonchev–Trinajstić information content (AvgIpc) is 3.33. The molecule has 2 heterocycles. The lowest BCUT2D eigenvalue weighted by molar-refractivity contribution is 0.415. The number of hydrogen-bond acceptors (Lipinski definition) is 3. The smallest absolute Gasteiger partial charge is 0.121 e. The summed E-state index contributed by atoms with van der Waals surface area (Å²) < 4.78 is 5.11. The molecule has 28 heavy (non-hydrogen) atoms. The summed E-state index contributed by atoms with van der Waals surface area (Å²) in [6, 6.07) is 12.2. The number of aromatic amines is 2. The van der Waals surface area contributed by atoms with Crippen molar-refractivity contribution in [3.63, 3.8) is 0 Å². The molecule has 0 unspecified atom stereocenters. The SMILES string of the molecule is CC.CC.CCc1[nH]nc2cc(OC)ccc12.Cc1ccc2c(C)[nH]nc2c1. The van der Waals surface area contributed by atoms with Crippen LogP contribution < -0.4 is 4.74 Å². The summed E-state index contributed by atoms with van der Waals surface area (Å²) in [4.78, 5) is 0. The summed E-state index contributed by atoms with van der Waals surface area (Å²) in [6.45, 7) is 14.2. The molecule has 0 bridgehead atoms. The van der Waals surface area contributed by atoms with Gasteiger partial charge in [0.15, 0.2) is 0 Å². The van der Waals surface area contributed by atoms with Crippen molar-refractivity contribution in [3.8, 4) is 5.75 Å². The third-order valence-electron chi connectivity index (χ3n) is 4.10. The highest BCUT2D eigenvalue weighted by molar-refractivity contribution is 5.82. The average molecular weight is 383 g/mol. The van der Waals surface area contributed by atoms with Gasteiger partial charge in [0.25, 0.3) is 0 Å². The third kappa shape index (κ3) is 5.59. The Kier molecular flexibility index (Phi) is 9.79. The quantitative estimate of drug-likeness (QED) is 0.423. The molecule has 0 spiro atoms. The van der Waals surface area contributed by atoms with E-state index in [4.69, 9.17) is 4.74 Å². The highest BCUT2D eigenvalue weighted by atomic mass is 16.5. The fourth-order valence-corrected chi connectivity index (χ4v) is 2.70. The lowest BCUT2D eigenvalue weighted by atomic mass is 10.1. The van der Waals surface area contributed by atoms with Crippen molar-refractivity contribution in [2.45, 2.75) is 54.9 Å². The highest BCUT2D eigenvalue weighted by Gasteiger charge is 2.03. The maximum atomic E-state index is 5.11. The van der Waals surface area contributed by atoms with E-state index >= 15 is 0 Å². The summed E-state index contributed by atoms with van der Waals surface area (Å²) in [5, 5.41) is 16.7. The number of aromatic nitrogens is 4. The van der Waals surface area contributed by atoms with Crippen molar-refractivity contribution in [1.82, 2.24) is 20.4 Å². The van der Waals surface area contributed by atoms with Gasteiger partial charge in [-0.3, -0.25) is 10.2 Å². The Bertz CT molecular complexity index is 969. The summed E-state index contributed by atoms with van der Waals surface area (Å²) in [7, 11) is 1.66. The molecule has 0 amide bonds. The van der Waals surface area contributed by atoms with Crippen LogP contribution in [0.15, 0.2) is 36.4 Å². The number of nitrogens with one attached hydrogen (secondary N) is 2. The van der Waals surface area contributed by atoms with E-state index in [9.17, 15) is 0 Å². The van der Waals surface area contributed by atoms with Crippen molar-refractivity contribution in [2.24, 2.45) is 0 Å². The maximum absolute atomic E-state index is 5.11. The van der Waals surface area contributed by atoms with E-state index in [1.807, 2.05) is 52.8 Å². The number of H-pyrrole nitrogens is 2. The van der Waals surface area contributed by atoms with Crippen molar-refractivity contribution in [2.75, 3.05) is 7.11 Å². The molecule has 0 aliphatic heterocycles. The zero-order chi connectivity index (χ0) is 21.1. The van der Waals surface area contributed by atoms with Crippen LogP contribution in [0.5, 0.6) is 5.75 Å². The number of methoxy groups -OCH3 is 1. The van der Waals surface area contributed by atoms with Gasteiger partial charge in [-0.05, 0) is 44.0 Å². The van der Waals surface area contributed by atoms with Crippen molar-refractivity contribution >= 4 is 21.8 Å². The first-order valence-corrected chi connectivity index (χ1v) is 10.0. The summed E-state index contributed by atoms with van der Waals surface area (Å²) in [5.41, 5.74) is 5.60. The zero-order valence-corrected chi connectivity index (χ0v) is 18.5. The Morgan fingerprint density at radius 1 is 0.821 bits per heavy atom. The van der Waals surface area contributed by atoms with Gasteiger partial charge in [0.1, 0.15) is 5.75 Å². The van der Waals surface area contributed by atoms with Gasteiger partial charge in [-0.25, -0.2) is 0 Å². The van der Waals surface area contributed by atoms with Crippen LogP contribution in [0, 0.1) is 13.8 Å². The van der Waals surface area contributed by atoms with Gasteiger partial charge >= 0.3 is 0 Å². The largest absolute Gasteiger partial charge is 0.497 e. The number of hydrogen-bond donors (Lipinski definition) is 2. The van der Waals surface area contributed by atoms with Crippen molar-refractivity contribution in [3.05, 3.63) is 53.3 Å². The van der Waals surface area contributed by atoms with E-state index in [2.05, 4.69) is 52.4 Å². The number of fused-ring (bicyclic) bond motifs is 2. The molecule has 2 N–H and O–H groups in total. The molecule has 5 nitrogen and oxygen atoms in total. The molecule has 0 radical (unpaired) electrons. The Morgan fingerprint density at radius 3 is 2.07 bits per heavy atom. The Balaban J connectivity index is 0.000000240. The summed E-state index contributed by atoms with van der Waals surface area (Å²) >= 11 is 0. The normalized spacial score (nSPS) is 9.57. The fourth-order valence-electron chi connectivity index (χ4n) is 2.70. The number of ether oxygens (including phenoxy) is 1. The molecule has 0 aliphatic rings. The van der Waals surface area contributed by atoms with Gasteiger partial charge in [0.2, 0.25) is 0 Å².